The molecule has 20 heavy (non-hydrogen) atoms. The van der Waals surface area contributed by atoms with Crippen LogP contribution in [0.4, 0.5) is 0 Å². The largest absolute Gasteiger partial charge is 0.361 e. The van der Waals surface area contributed by atoms with E-state index in [1.54, 1.807) is 6.92 Å². The fourth-order valence-corrected chi connectivity index (χ4v) is 2.14. The van der Waals surface area contributed by atoms with Crippen molar-refractivity contribution in [3.05, 3.63) is 35.0 Å². The summed E-state index contributed by atoms with van der Waals surface area (Å²) in [4.78, 5) is 12.3. The first-order valence-corrected chi connectivity index (χ1v) is 6.77. The molecule has 0 saturated heterocycles. The summed E-state index contributed by atoms with van der Waals surface area (Å²) in [5, 5.41) is 11.2. The van der Waals surface area contributed by atoms with Gasteiger partial charge in [-0.05, 0) is 33.3 Å². The molecule has 0 spiro atoms. The van der Waals surface area contributed by atoms with Crippen LogP contribution < -0.4 is 5.32 Å². The van der Waals surface area contributed by atoms with Gasteiger partial charge in [0.15, 0.2) is 0 Å². The van der Waals surface area contributed by atoms with Crippen LogP contribution >= 0.6 is 0 Å². The first-order chi connectivity index (χ1) is 9.51. The van der Waals surface area contributed by atoms with Gasteiger partial charge in [0.1, 0.15) is 11.3 Å². The number of nitrogens with one attached hydrogen (secondary N) is 1. The summed E-state index contributed by atoms with van der Waals surface area (Å²) in [6.07, 6.45) is 2.58. The molecule has 0 aliphatic heterocycles. The molecule has 1 N–H and O–H groups in total. The molecule has 2 aromatic rings. The number of aromatic nitrogens is 3. The lowest BCUT2D eigenvalue weighted by Crippen LogP contribution is -2.36. The highest BCUT2D eigenvalue weighted by molar-refractivity contribution is 5.96. The third-order valence-electron chi connectivity index (χ3n) is 3.11. The predicted octanol–water partition coefficient (Wildman–Crippen LogP) is 1.87. The Balaban J connectivity index is 2.02. The van der Waals surface area contributed by atoms with Gasteiger partial charge >= 0.3 is 0 Å². The van der Waals surface area contributed by atoms with Crippen molar-refractivity contribution in [2.45, 2.75) is 46.7 Å². The number of carbonyl (C=O) groups excluding carboxylic acids is 1. The Morgan fingerprint density at radius 3 is 2.85 bits per heavy atom. The molecule has 108 valence electrons. The van der Waals surface area contributed by atoms with Crippen molar-refractivity contribution in [1.29, 1.82) is 0 Å². The Hall–Kier alpha value is -2.11. The molecule has 0 aliphatic rings. The summed E-state index contributed by atoms with van der Waals surface area (Å²) >= 11 is 0. The van der Waals surface area contributed by atoms with Crippen LogP contribution in [0.1, 0.15) is 41.4 Å². The predicted molar refractivity (Wildman–Crippen MR) is 74.5 cm³/mol. The van der Waals surface area contributed by atoms with Crippen LogP contribution in [0.15, 0.2) is 16.8 Å². The summed E-state index contributed by atoms with van der Waals surface area (Å²) in [7, 11) is 0. The van der Waals surface area contributed by atoms with Crippen molar-refractivity contribution in [3.63, 3.8) is 0 Å². The molecular weight excluding hydrogens is 256 g/mol. The van der Waals surface area contributed by atoms with E-state index in [2.05, 4.69) is 15.6 Å². The van der Waals surface area contributed by atoms with Crippen LogP contribution in [0.25, 0.3) is 0 Å². The quantitative estimate of drug-likeness (QED) is 0.904. The fraction of sp³-hybridized carbons (Fsp3) is 0.500. The molecule has 0 unspecified atom stereocenters. The molecule has 0 bridgehead atoms. The van der Waals surface area contributed by atoms with Crippen LogP contribution in [-0.4, -0.2) is 26.9 Å². The summed E-state index contributed by atoms with van der Waals surface area (Å²) in [6, 6.07) is 1.91. The molecular formula is C14H20N4O2. The maximum Gasteiger partial charge on any atom is 0.257 e. The van der Waals surface area contributed by atoms with Gasteiger partial charge in [-0.3, -0.25) is 9.48 Å². The Labute approximate surface area is 118 Å². The van der Waals surface area contributed by atoms with Gasteiger partial charge in [0.25, 0.3) is 5.91 Å². The molecule has 1 atom stereocenters. The Bertz CT molecular complexity index is 600. The number of hydrogen-bond donors (Lipinski definition) is 1. The van der Waals surface area contributed by atoms with Gasteiger partial charge in [0.05, 0.1) is 17.9 Å². The van der Waals surface area contributed by atoms with Gasteiger partial charge in [-0.2, -0.15) is 5.10 Å². The van der Waals surface area contributed by atoms with Crippen LogP contribution in [0.2, 0.25) is 0 Å². The number of rotatable bonds is 5. The van der Waals surface area contributed by atoms with E-state index in [1.807, 2.05) is 37.7 Å². The highest BCUT2D eigenvalue weighted by Gasteiger charge is 2.20. The first kappa shape index (κ1) is 14.3. The second kappa shape index (κ2) is 5.90. The van der Waals surface area contributed by atoms with E-state index in [0.717, 1.165) is 5.69 Å². The molecule has 0 radical (unpaired) electrons. The normalized spacial score (nSPS) is 12.4. The van der Waals surface area contributed by atoms with Gasteiger partial charge < -0.3 is 9.84 Å². The summed E-state index contributed by atoms with van der Waals surface area (Å²) in [5.41, 5.74) is 2.21. The molecule has 6 nitrogen and oxygen atoms in total. The van der Waals surface area contributed by atoms with Crippen molar-refractivity contribution in [2.24, 2.45) is 0 Å². The molecule has 0 fully saturated rings. The van der Waals surface area contributed by atoms with Gasteiger partial charge in [-0.1, -0.05) is 12.1 Å². The highest BCUT2D eigenvalue weighted by Crippen LogP contribution is 2.14. The average Bonchev–Trinajstić information content (AvgIpc) is 2.95. The SMILES string of the molecule is CCc1noc(C)c1C(=O)N[C@H](C)Cn1ccc(C)n1. The zero-order valence-corrected chi connectivity index (χ0v) is 12.3. The molecule has 0 aromatic carbocycles. The van der Waals surface area contributed by atoms with Crippen molar-refractivity contribution in [1.82, 2.24) is 20.3 Å². The van der Waals surface area contributed by atoms with E-state index in [9.17, 15) is 4.79 Å². The zero-order valence-electron chi connectivity index (χ0n) is 12.3. The van der Waals surface area contributed by atoms with Crippen LogP contribution in [0.3, 0.4) is 0 Å². The van der Waals surface area contributed by atoms with E-state index in [-0.39, 0.29) is 11.9 Å². The maximum atomic E-state index is 12.3. The van der Waals surface area contributed by atoms with Crippen LogP contribution in [-0.2, 0) is 13.0 Å². The monoisotopic (exact) mass is 276 g/mol. The number of hydrogen-bond acceptors (Lipinski definition) is 4. The topological polar surface area (TPSA) is 73.0 Å². The smallest absolute Gasteiger partial charge is 0.257 e. The summed E-state index contributed by atoms with van der Waals surface area (Å²) in [6.45, 7) is 8.22. The highest BCUT2D eigenvalue weighted by atomic mass is 16.5. The van der Waals surface area contributed by atoms with E-state index in [1.165, 1.54) is 0 Å². The Kier molecular flexibility index (Phi) is 4.22. The first-order valence-electron chi connectivity index (χ1n) is 6.77. The van der Waals surface area contributed by atoms with Gasteiger partial charge in [0, 0.05) is 12.2 Å². The third-order valence-corrected chi connectivity index (χ3v) is 3.11. The minimum absolute atomic E-state index is 0.0270. The summed E-state index contributed by atoms with van der Waals surface area (Å²) in [5.74, 6) is 0.415. The lowest BCUT2D eigenvalue weighted by molar-refractivity contribution is 0.0933. The number of carbonyl (C=O) groups is 1. The second-order valence-corrected chi connectivity index (χ2v) is 4.97. The minimum atomic E-state index is -0.142. The molecule has 0 saturated carbocycles. The standard InChI is InChI=1S/C14H20N4O2/c1-5-12-13(11(4)20-17-12)14(19)15-10(3)8-18-7-6-9(2)16-18/h6-7,10H,5,8H2,1-4H3,(H,15,19)/t10-/m1/s1. The minimum Gasteiger partial charge on any atom is -0.361 e. The molecule has 2 heterocycles. The molecule has 0 aliphatic carbocycles. The summed E-state index contributed by atoms with van der Waals surface area (Å²) < 4.78 is 6.90. The van der Waals surface area contributed by atoms with Crippen molar-refractivity contribution >= 4 is 5.91 Å². The molecule has 2 rings (SSSR count). The van der Waals surface area contributed by atoms with Gasteiger partial charge in [0.2, 0.25) is 0 Å². The van der Waals surface area contributed by atoms with Crippen molar-refractivity contribution in [3.8, 4) is 0 Å². The van der Waals surface area contributed by atoms with Crippen LogP contribution in [0.5, 0.6) is 0 Å². The second-order valence-electron chi connectivity index (χ2n) is 4.97. The van der Waals surface area contributed by atoms with Crippen LogP contribution in [0, 0.1) is 13.8 Å². The number of amides is 1. The molecule has 6 heteroatoms. The fourth-order valence-electron chi connectivity index (χ4n) is 2.14. The van der Waals surface area contributed by atoms with E-state index in [0.29, 0.717) is 30.0 Å². The number of aryl methyl sites for hydroxylation is 3. The maximum absolute atomic E-state index is 12.3. The van der Waals surface area contributed by atoms with E-state index < -0.39 is 0 Å². The van der Waals surface area contributed by atoms with Crippen molar-refractivity contribution < 1.29 is 9.32 Å². The molecule has 2 aromatic heterocycles. The Morgan fingerprint density at radius 2 is 2.25 bits per heavy atom. The van der Waals surface area contributed by atoms with E-state index >= 15 is 0 Å². The lowest BCUT2D eigenvalue weighted by Gasteiger charge is -2.14. The van der Waals surface area contributed by atoms with Crippen molar-refractivity contribution in [2.75, 3.05) is 0 Å². The van der Waals surface area contributed by atoms with E-state index in [4.69, 9.17) is 4.52 Å². The zero-order chi connectivity index (χ0) is 14.7. The van der Waals surface area contributed by atoms with Gasteiger partial charge in [-0.15, -0.1) is 0 Å². The van der Waals surface area contributed by atoms with Gasteiger partial charge in [-0.25, -0.2) is 0 Å². The number of nitrogens with zero attached hydrogens (tertiary/aromatic N) is 3. The Morgan fingerprint density at radius 1 is 1.50 bits per heavy atom. The lowest BCUT2D eigenvalue weighted by atomic mass is 10.1. The molecule has 1 amide bonds. The average molecular weight is 276 g/mol. The third kappa shape index (κ3) is 3.07.